The Balaban J connectivity index is 2.12. The average molecular weight is 287 g/mol. The zero-order valence-corrected chi connectivity index (χ0v) is 14.2. The molecule has 1 fully saturated rings. The SMILES string of the molecule is CC(C)c1nc(C(C)(C)C)nc2c1C1CCCCN1CC2. The van der Waals surface area contributed by atoms with Gasteiger partial charge in [0.05, 0.1) is 11.4 Å². The van der Waals surface area contributed by atoms with Gasteiger partial charge in [0.15, 0.2) is 0 Å². The van der Waals surface area contributed by atoms with Gasteiger partial charge in [-0.1, -0.05) is 41.0 Å². The first-order valence-corrected chi connectivity index (χ1v) is 8.53. The highest BCUT2D eigenvalue weighted by atomic mass is 15.2. The summed E-state index contributed by atoms with van der Waals surface area (Å²) in [6, 6.07) is 0.578. The van der Waals surface area contributed by atoms with E-state index in [0.29, 0.717) is 12.0 Å². The Morgan fingerprint density at radius 2 is 1.86 bits per heavy atom. The molecule has 1 aromatic rings. The lowest BCUT2D eigenvalue weighted by Gasteiger charge is -2.41. The van der Waals surface area contributed by atoms with Crippen LogP contribution in [0, 0.1) is 0 Å². The van der Waals surface area contributed by atoms with Gasteiger partial charge in [0.2, 0.25) is 0 Å². The van der Waals surface area contributed by atoms with E-state index < -0.39 is 0 Å². The molecule has 2 aliphatic heterocycles. The first-order chi connectivity index (χ1) is 9.88. The molecule has 116 valence electrons. The molecule has 0 amide bonds. The van der Waals surface area contributed by atoms with E-state index in [9.17, 15) is 0 Å². The summed E-state index contributed by atoms with van der Waals surface area (Å²) in [5, 5.41) is 0. The first-order valence-electron chi connectivity index (χ1n) is 8.53. The maximum absolute atomic E-state index is 5.01. The van der Waals surface area contributed by atoms with Crippen LogP contribution in [0.4, 0.5) is 0 Å². The molecule has 1 unspecified atom stereocenters. The minimum atomic E-state index is 0.0301. The Hall–Kier alpha value is -0.960. The number of aromatic nitrogens is 2. The van der Waals surface area contributed by atoms with Gasteiger partial charge in [-0.15, -0.1) is 0 Å². The number of hydrogen-bond donors (Lipinski definition) is 0. The van der Waals surface area contributed by atoms with E-state index in [2.05, 4.69) is 39.5 Å². The lowest BCUT2D eigenvalue weighted by atomic mass is 9.85. The Morgan fingerprint density at radius 3 is 2.52 bits per heavy atom. The van der Waals surface area contributed by atoms with Crippen LogP contribution in [-0.2, 0) is 11.8 Å². The Morgan fingerprint density at radius 1 is 1.10 bits per heavy atom. The smallest absolute Gasteiger partial charge is 0.134 e. The molecule has 1 aromatic heterocycles. The van der Waals surface area contributed by atoms with Crippen molar-refractivity contribution in [3.63, 3.8) is 0 Å². The molecule has 0 saturated carbocycles. The van der Waals surface area contributed by atoms with Crippen LogP contribution in [0.1, 0.15) is 88.6 Å². The molecule has 0 spiro atoms. The Labute approximate surface area is 129 Å². The van der Waals surface area contributed by atoms with Crippen LogP contribution in [0.5, 0.6) is 0 Å². The monoisotopic (exact) mass is 287 g/mol. The largest absolute Gasteiger partial charge is 0.296 e. The van der Waals surface area contributed by atoms with Crippen molar-refractivity contribution in [2.75, 3.05) is 13.1 Å². The molecule has 3 heteroatoms. The van der Waals surface area contributed by atoms with Gasteiger partial charge in [0.1, 0.15) is 5.82 Å². The molecule has 0 aliphatic carbocycles. The van der Waals surface area contributed by atoms with Crippen molar-refractivity contribution in [3.8, 4) is 0 Å². The predicted octanol–water partition coefficient (Wildman–Crippen LogP) is 3.98. The molecule has 3 heterocycles. The van der Waals surface area contributed by atoms with Crippen LogP contribution in [0.3, 0.4) is 0 Å². The Kier molecular flexibility index (Phi) is 3.81. The highest BCUT2D eigenvalue weighted by Crippen LogP contribution is 2.40. The second-order valence-electron chi connectivity index (χ2n) is 8.00. The van der Waals surface area contributed by atoms with Gasteiger partial charge in [-0.2, -0.15) is 0 Å². The summed E-state index contributed by atoms with van der Waals surface area (Å²) >= 11 is 0. The van der Waals surface area contributed by atoms with E-state index in [1.807, 2.05) is 0 Å². The van der Waals surface area contributed by atoms with Crippen LogP contribution in [0.2, 0.25) is 0 Å². The van der Waals surface area contributed by atoms with E-state index in [0.717, 1.165) is 12.2 Å². The van der Waals surface area contributed by atoms with Gasteiger partial charge >= 0.3 is 0 Å². The highest BCUT2D eigenvalue weighted by molar-refractivity contribution is 5.35. The zero-order valence-electron chi connectivity index (χ0n) is 14.2. The molecule has 0 aromatic carbocycles. The fourth-order valence-electron chi connectivity index (χ4n) is 3.70. The highest BCUT2D eigenvalue weighted by Gasteiger charge is 2.34. The molecule has 0 radical (unpaired) electrons. The summed E-state index contributed by atoms with van der Waals surface area (Å²) in [6.45, 7) is 13.6. The van der Waals surface area contributed by atoms with Crippen LogP contribution in [0.25, 0.3) is 0 Å². The number of piperidine rings is 1. The normalized spacial score (nSPS) is 23.0. The summed E-state index contributed by atoms with van der Waals surface area (Å²) < 4.78 is 0. The number of fused-ring (bicyclic) bond motifs is 3. The molecule has 2 aliphatic rings. The molecule has 3 rings (SSSR count). The molecule has 3 nitrogen and oxygen atoms in total. The predicted molar refractivity (Wildman–Crippen MR) is 86.7 cm³/mol. The summed E-state index contributed by atoms with van der Waals surface area (Å²) in [4.78, 5) is 12.7. The summed E-state index contributed by atoms with van der Waals surface area (Å²) in [6.07, 6.45) is 5.07. The van der Waals surface area contributed by atoms with Crippen molar-refractivity contribution < 1.29 is 0 Å². The third-order valence-corrected chi connectivity index (χ3v) is 4.85. The minimum Gasteiger partial charge on any atom is -0.296 e. The topological polar surface area (TPSA) is 29.0 Å². The van der Waals surface area contributed by atoms with Crippen molar-refractivity contribution in [1.82, 2.24) is 14.9 Å². The van der Waals surface area contributed by atoms with Gasteiger partial charge in [-0.25, -0.2) is 9.97 Å². The maximum Gasteiger partial charge on any atom is 0.134 e. The summed E-state index contributed by atoms with van der Waals surface area (Å²) in [7, 11) is 0. The molecular weight excluding hydrogens is 258 g/mol. The lowest BCUT2D eigenvalue weighted by Crippen LogP contribution is -2.40. The molecule has 0 N–H and O–H groups in total. The third kappa shape index (κ3) is 2.73. The van der Waals surface area contributed by atoms with Gasteiger partial charge in [-0.3, -0.25) is 4.90 Å². The number of nitrogens with zero attached hydrogens (tertiary/aromatic N) is 3. The van der Waals surface area contributed by atoms with E-state index in [1.165, 1.54) is 49.3 Å². The van der Waals surface area contributed by atoms with Gasteiger partial charge < -0.3 is 0 Å². The minimum absolute atomic E-state index is 0.0301. The van der Waals surface area contributed by atoms with Crippen molar-refractivity contribution >= 4 is 0 Å². The Bertz CT molecular complexity index is 528. The van der Waals surface area contributed by atoms with Crippen molar-refractivity contribution in [3.05, 3.63) is 22.8 Å². The number of rotatable bonds is 1. The average Bonchev–Trinajstić information content (AvgIpc) is 2.44. The first kappa shape index (κ1) is 15.0. The summed E-state index contributed by atoms with van der Waals surface area (Å²) in [5.41, 5.74) is 4.15. The van der Waals surface area contributed by atoms with E-state index in [-0.39, 0.29) is 5.41 Å². The van der Waals surface area contributed by atoms with Crippen LogP contribution in [-0.4, -0.2) is 28.0 Å². The van der Waals surface area contributed by atoms with Gasteiger partial charge in [0.25, 0.3) is 0 Å². The van der Waals surface area contributed by atoms with E-state index in [4.69, 9.17) is 9.97 Å². The second-order valence-corrected chi connectivity index (χ2v) is 8.00. The quantitative estimate of drug-likeness (QED) is 0.782. The van der Waals surface area contributed by atoms with Crippen molar-refractivity contribution in [2.45, 2.75) is 77.7 Å². The molecule has 1 saturated heterocycles. The second kappa shape index (κ2) is 5.35. The van der Waals surface area contributed by atoms with Gasteiger partial charge in [-0.05, 0) is 25.3 Å². The standard InChI is InChI=1S/C18H29N3/c1-12(2)16-15-13(19-17(20-16)18(3,4)5)9-11-21-10-7-6-8-14(15)21/h12,14H,6-11H2,1-5H3. The van der Waals surface area contributed by atoms with Crippen molar-refractivity contribution in [2.24, 2.45) is 0 Å². The summed E-state index contributed by atoms with van der Waals surface area (Å²) in [5.74, 6) is 1.50. The zero-order chi connectivity index (χ0) is 15.2. The van der Waals surface area contributed by atoms with Crippen molar-refractivity contribution in [1.29, 1.82) is 0 Å². The molecule has 0 bridgehead atoms. The lowest BCUT2D eigenvalue weighted by molar-refractivity contribution is 0.135. The fourth-order valence-corrected chi connectivity index (χ4v) is 3.70. The van der Waals surface area contributed by atoms with E-state index >= 15 is 0 Å². The molecule has 21 heavy (non-hydrogen) atoms. The molecule has 1 atom stereocenters. The fraction of sp³-hybridized carbons (Fsp3) is 0.778. The number of hydrogen-bond acceptors (Lipinski definition) is 3. The molecular formula is C18H29N3. The third-order valence-electron chi connectivity index (χ3n) is 4.85. The van der Waals surface area contributed by atoms with Gasteiger partial charge in [0, 0.05) is 30.0 Å². The maximum atomic E-state index is 5.01. The van der Waals surface area contributed by atoms with Crippen LogP contribution in [0.15, 0.2) is 0 Å². The van der Waals surface area contributed by atoms with Crippen LogP contribution >= 0.6 is 0 Å². The van der Waals surface area contributed by atoms with Crippen LogP contribution < -0.4 is 0 Å². The van der Waals surface area contributed by atoms with E-state index in [1.54, 1.807) is 0 Å².